The molecule has 16 heavy (non-hydrogen) atoms. The van der Waals surface area contributed by atoms with E-state index in [1.54, 1.807) is 12.1 Å². The minimum Gasteiger partial charge on any atom is -0.480 e. The fraction of sp³-hybridized carbons (Fsp3) is 0.364. The van der Waals surface area contributed by atoms with Gasteiger partial charge in [-0.1, -0.05) is 24.3 Å². The summed E-state index contributed by atoms with van der Waals surface area (Å²) in [5.74, 6) is -1.30. The van der Waals surface area contributed by atoms with Crippen molar-refractivity contribution in [2.45, 2.75) is 18.6 Å². The van der Waals surface area contributed by atoms with Crippen LogP contribution in [0.3, 0.4) is 0 Å². The molecular weight excluding hydrogens is 228 g/mol. The van der Waals surface area contributed by atoms with Crippen LogP contribution in [0.1, 0.15) is 11.1 Å². The third-order valence-electron chi connectivity index (χ3n) is 2.46. The summed E-state index contributed by atoms with van der Waals surface area (Å²) < 4.78 is 22.6. The normalized spacial score (nSPS) is 13.4. The van der Waals surface area contributed by atoms with Gasteiger partial charge in [0.25, 0.3) is 0 Å². The first-order chi connectivity index (χ1) is 7.32. The van der Waals surface area contributed by atoms with Gasteiger partial charge in [-0.2, -0.15) is 0 Å². The molecule has 4 nitrogen and oxygen atoms in total. The van der Waals surface area contributed by atoms with Gasteiger partial charge in [-0.05, 0) is 18.1 Å². The molecule has 0 bridgehead atoms. The Balaban J connectivity index is 3.03. The first-order valence-corrected chi connectivity index (χ1v) is 6.74. The molecule has 1 atom stereocenters. The van der Waals surface area contributed by atoms with Crippen LogP contribution in [-0.4, -0.2) is 31.0 Å². The van der Waals surface area contributed by atoms with Crippen molar-refractivity contribution in [1.29, 1.82) is 0 Å². The van der Waals surface area contributed by atoms with Gasteiger partial charge in [0.1, 0.15) is 0 Å². The summed E-state index contributed by atoms with van der Waals surface area (Å²) in [6, 6.07) is 7.17. The summed E-state index contributed by atoms with van der Waals surface area (Å²) in [5.41, 5.74) is 1.65. The lowest BCUT2D eigenvalue weighted by Crippen LogP contribution is -2.31. The van der Waals surface area contributed by atoms with E-state index in [9.17, 15) is 13.2 Å². The summed E-state index contributed by atoms with van der Waals surface area (Å²) in [5, 5.41) is 7.51. The molecule has 0 saturated carbocycles. The van der Waals surface area contributed by atoms with Crippen LogP contribution in [0.5, 0.6) is 0 Å². The molecule has 0 aliphatic heterocycles. The van der Waals surface area contributed by atoms with Crippen LogP contribution in [0.2, 0.25) is 0 Å². The molecule has 0 spiro atoms. The molecule has 0 amide bonds. The zero-order valence-electron chi connectivity index (χ0n) is 9.17. The number of aliphatic carboxylic acids is 1. The van der Waals surface area contributed by atoms with E-state index in [0.717, 1.165) is 17.4 Å². The average Bonchev–Trinajstić information content (AvgIpc) is 2.14. The highest BCUT2D eigenvalue weighted by Gasteiger charge is 2.28. The van der Waals surface area contributed by atoms with Crippen LogP contribution >= 0.6 is 0 Å². The number of hydrogen-bond donors (Lipinski definition) is 1. The molecule has 0 radical (unpaired) electrons. The fourth-order valence-corrected chi connectivity index (χ4v) is 2.31. The number of carbonyl (C=O) groups is 1. The van der Waals surface area contributed by atoms with Gasteiger partial charge in [-0.3, -0.25) is 4.79 Å². The van der Waals surface area contributed by atoms with Crippen molar-refractivity contribution in [2.24, 2.45) is 0 Å². The summed E-state index contributed by atoms with van der Waals surface area (Å²) in [7, 11) is -3.58. The van der Waals surface area contributed by atoms with Gasteiger partial charge in [0.05, 0.1) is 0 Å². The summed E-state index contributed by atoms with van der Waals surface area (Å²) >= 11 is 0. The second-order valence-electron chi connectivity index (χ2n) is 3.79. The maximum Gasteiger partial charge on any atom is 0.322 e. The van der Waals surface area contributed by atoms with E-state index >= 15 is 0 Å². The molecule has 1 rings (SSSR count). The average molecular weight is 242 g/mol. The van der Waals surface area contributed by atoms with Gasteiger partial charge in [-0.25, -0.2) is 8.42 Å². The molecule has 0 aliphatic carbocycles. The van der Waals surface area contributed by atoms with Gasteiger partial charge in [0.15, 0.2) is 15.1 Å². The van der Waals surface area contributed by atoms with E-state index in [2.05, 4.69) is 0 Å². The van der Waals surface area contributed by atoms with E-state index in [0.29, 0.717) is 0 Å². The molecule has 1 unspecified atom stereocenters. The largest absolute Gasteiger partial charge is 0.480 e. The highest BCUT2D eigenvalue weighted by atomic mass is 32.2. The van der Waals surface area contributed by atoms with E-state index in [1.165, 1.54) is 0 Å². The van der Waals surface area contributed by atoms with Crippen molar-refractivity contribution in [3.63, 3.8) is 0 Å². The van der Waals surface area contributed by atoms with Gasteiger partial charge in [0, 0.05) is 12.7 Å². The second-order valence-corrected chi connectivity index (χ2v) is 6.02. The van der Waals surface area contributed by atoms with Crippen molar-refractivity contribution < 1.29 is 18.3 Å². The maximum absolute atomic E-state index is 11.3. The Morgan fingerprint density at radius 2 is 1.94 bits per heavy atom. The zero-order chi connectivity index (χ0) is 12.3. The Morgan fingerprint density at radius 1 is 1.38 bits per heavy atom. The lowest BCUT2D eigenvalue weighted by Gasteiger charge is -2.11. The van der Waals surface area contributed by atoms with Crippen LogP contribution in [0, 0.1) is 6.92 Å². The summed E-state index contributed by atoms with van der Waals surface area (Å²) in [4.78, 5) is 10.9. The quantitative estimate of drug-likeness (QED) is 0.856. The topological polar surface area (TPSA) is 71.4 Å². The monoisotopic (exact) mass is 242 g/mol. The molecule has 1 aromatic rings. The summed E-state index contributed by atoms with van der Waals surface area (Å²) in [6.07, 6.45) is 0.963. The van der Waals surface area contributed by atoms with Gasteiger partial charge in [0.2, 0.25) is 0 Å². The lowest BCUT2D eigenvalue weighted by atomic mass is 10.0. The molecule has 1 aromatic carbocycles. The van der Waals surface area contributed by atoms with Crippen LogP contribution in [0.15, 0.2) is 24.3 Å². The second kappa shape index (κ2) is 4.65. The van der Waals surface area contributed by atoms with Gasteiger partial charge < -0.3 is 5.11 Å². The Kier molecular flexibility index (Phi) is 3.70. The number of hydrogen-bond acceptors (Lipinski definition) is 3. The lowest BCUT2D eigenvalue weighted by molar-refractivity contribution is -0.136. The third-order valence-corrected chi connectivity index (χ3v) is 3.86. The molecule has 5 heteroatoms. The number of rotatable bonds is 4. The van der Waals surface area contributed by atoms with Crippen LogP contribution in [-0.2, 0) is 21.1 Å². The predicted molar refractivity (Wildman–Crippen MR) is 61.2 cm³/mol. The number of carboxylic acids is 1. The molecule has 1 N–H and O–H groups in total. The molecule has 0 aromatic heterocycles. The van der Waals surface area contributed by atoms with Crippen molar-refractivity contribution >= 4 is 15.8 Å². The fourth-order valence-electron chi connectivity index (χ4n) is 1.46. The first kappa shape index (κ1) is 12.7. The molecule has 0 saturated heterocycles. The number of sulfone groups is 1. The van der Waals surface area contributed by atoms with Crippen LogP contribution in [0.4, 0.5) is 0 Å². The molecule has 0 heterocycles. The van der Waals surface area contributed by atoms with Crippen molar-refractivity contribution in [2.75, 3.05) is 6.26 Å². The predicted octanol–water partition coefficient (Wildman–Crippen LogP) is 1.04. The minimum atomic E-state index is -3.58. The number of aryl methyl sites for hydroxylation is 1. The molecular formula is C11H14O4S. The van der Waals surface area contributed by atoms with Crippen LogP contribution in [0.25, 0.3) is 0 Å². The van der Waals surface area contributed by atoms with E-state index < -0.39 is 21.1 Å². The first-order valence-electron chi connectivity index (χ1n) is 4.78. The van der Waals surface area contributed by atoms with Gasteiger partial charge >= 0.3 is 5.97 Å². The summed E-state index contributed by atoms with van der Waals surface area (Å²) in [6.45, 7) is 1.83. The Morgan fingerprint density at radius 3 is 2.38 bits per heavy atom. The minimum absolute atomic E-state index is 0.0147. The maximum atomic E-state index is 11.3. The van der Waals surface area contributed by atoms with Crippen molar-refractivity contribution in [3.05, 3.63) is 35.4 Å². The van der Waals surface area contributed by atoms with E-state index in [1.807, 2.05) is 19.1 Å². The number of carboxylic acid groups (broad SMARTS) is 1. The molecule has 0 aliphatic rings. The smallest absolute Gasteiger partial charge is 0.322 e. The molecule has 88 valence electrons. The van der Waals surface area contributed by atoms with Crippen molar-refractivity contribution in [1.82, 2.24) is 0 Å². The Hall–Kier alpha value is -1.36. The molecule has 0 fully saturated rings. The van der Waals surface area contributed by atoms with E-state index in [-0.39, 0.29) is 6.42 Å². The van der Waals surface area contributed by atoms with Gasteiger partial charge in [-0.15, -0.1) is 0 Å². The SMILES string of the molecule is Cc1ccccc1CC(C(=O)O)S(C)(=O)=O. The number of benzene rings is 1. The standard InChI is InChI=1S/C11H14O4S/c1-8-5-3-4-6-9(8)7-10(11(12)13)16(2,14)15/h3-6,10H,7H2,1-2H3,(H,12,13). The zero-order valence-corrected chi connectivity index (χ0v) is 9.99. The third kappa shape index (κ3) is 3.06. The Labute approximate surface area is 94.8 Å². The highest BCUT2D eigenvalue weighted by molar-refractivity contribution is 7.92. The van der Waals surface area contributed by atoms with E-state index in [4.69, 9.17) is 5.11 Å². The van der Waals surface area contributed by atoms with Crippen molar-refractivity contribution in [3.8, 4) is 0 Å². The highest BCUT2D eigenvalue weighted by Crippen LogP contribution is 2.13. The van der Waals surface area contributed by atoms with Crippen LogP contribution < -0.4 is 0 Å². The Bertz CT molecular complexity index is 490.